The van der Waals surface area contributed by atoms with Crippen LogP contribution in [0.4, 0.5) is 0 Å². The minimum atomic E-state index is -0.450. The molecule has 0 aliphatic carbocycles. The van der Waals surface area contributed by atoms with Crippen molar-refractivity contribution in [1.82, 2.24) is 24.5 Å². The van der Waals surface area contributed by atoms with Gasteiger partial charge in [0.2, 0.25) is 0 Å². The van der Waals surface area contributed by atoms with E-state index in [-0.39, 0.29) is 0 Å². The third-order valence-electron chi connectivity index (χ3n) is 2.84. The summed E-state index contributed by atoms with van der Waals surface area (Å²) in [5.74, 6) is 0.569. The number of esters is 1. The quantitative estimate of drug-likeness (QED) is 0.537. The average molecular weight is 283 g/mol. The maximum absolute atomic E-state index is 12.0. The summed E-state index contributed by atoms with van der Waals surface area (Å²) in [6.45, 7) is 0. The molecule has 0 aliphatic rings. The van der Waals surface area contributed by atoms with Crippen LogP contribution < -0.4 is 4.74 Å². The summed E-state index contributed by atoms with van der Waals surface area (Å²) >= 11 is 0. The lowest BCUT2D eigenvalue weighted by atomic mass is 10.2. The summed E-state index contributed by atoms with van der Waals surface area (Å²) in [7, 11) is 3.53. The molecule has 3 rings (SSSR count). The Kier molecular flexibility index (Phi) is 3.23. The minimum Gasteiger partial charge on any atom is -0.423 e. The largest absolute Gasteiger partial charge is 0.423 e. The molecule has 2 heterocycles. The summed E-state index contributed by atoms with van der Waals surface area (Å²) in [6, 6.07) is 7.08. The summed E-state index contributed by atoms with van der Waals surface area (Å²) in [5, 5.41) is 8.15. The Morgan fingerprint density at radius 1 is 1.24 bits per heavy atom. The Morgan fingerprint density at radius 2 is 2.10 bits per heavy atom. The second-order valence-electron chi connectivity index (χ2n) is 4.56. The van der Waals surface area contributed by atoms with Crippen molar-refractivity contribution < 1.29 is 9.53 Å². The summed E-state index contributed by atoms with van der Waals surface area (Å²) in [6.07, 6.45) is 4.68. The van der Waals surface area contributed by atoms with Gasteiger partial charge < -0.3 is 4.74 Å². The first-order chi connectivity index (χ1) is 10.1. The number of ether oxygens (including phenoxy) is 1. The van der Waals surface area contributed by atoms with Gasteiger partial charge in [-0.2, -0.15) is 10.2 Å². The third-order valence-corrected chi connectivity index (χ3v) is 2.84. The van der Waals surface area contributed by atoms with Gasteiger partial charge in [0.25, 0.3) is 0 Å². The van der Waals surface area contributed by atoms with E-state index in [1.807, 2.05) is 6.07 Å². The summed E-state index contributed by atoms with van der Waals surface area (Å²) < 4.78 is 8.49. The molecule has 0 unspecified atom stereocenters. The van der Waals surface area contributed by atoms with Gasteiger partial charge in [-0.3, -0.25) is 9.36 Å². The zero-order valence-electron chi connectivity index (χ0n) is 11.6. The van der Waals surface area contributed by atoms with E-state index in [9.17, 15) is 4.79 Å². The van der Waals surface area contributed by atoms with E-state index in [0.717, 1.165) is 5.56 Å². The van der Waals surface area contributed by atoms with Crippen molar-refractivity contribution in [3.05, 3.63) is 48.5 Å². The summed E-state index contributed by atoms with van der Waals surface area (Å²) in [5.41, 5.74) is 1.19. The molecule has 0 spiro atoms. The SMILES string of the molecule is Cn1cc(C(=O)Oc2cccc(-c3ncn(C)n3)c2)cn1. The highest BCUT2D eigenvalue weighted by Crippen LogP contribution is 2.21. The van der Waals surface area contributed by atoms with Crippen molar-refractivity contribution in [3.63, 3.8) is 0 Å². The van der Waals surface area contributed by atoms with Gasteiger partial charge in [0.15, 0.2) is 5.82 Å². The van der Waals surface area contributed by atoms with E-state index in [4.69, 9.17) is 4.74 Å². The van der Waals surface area contributed by atoms with Gasteiger partial charge >= 0.3 is 5.97 Å². The standard InChI is InChI=1S/C14H13N5O2/c1-18-8-11(7-16-18)14(20)21-12-5-3-4-10(6-12)13-15-9-19(2)17-13/h3-9H,1-2H3. The van der Waals surface area contributed by atoms with Crippen LogP contribution >= 0.6 is 0 Å². The van der Waals surface area contributed by atoms with Crippen LogP contribution in [0.25, 0.3) is 11.4 Å². The minimum absolute atomic E-state index is 0.402. The fourth-order valence-electron chi connectivity index (χ4n) is 1.86. The maximum Gasteiger partial charge on any atom is 0.346 e. The highest BCUT2D eigenvalue weighted by molar-refractivity contribution is 5.90. The lowest BCUT2D eigenvalue weighted by Gasteiger charge is -2.03. The molecule has 0 amide bonds. The van der Waals surface area contributed by atoms with Crippen LogP contribution in [0.15, 0.2) is 43.0 Å². The predicted octanol–water partition coefficient (Wildman–Crippen LogP) is 1.43. The molecule has 3 aromatic rings. The highest BCUT2D eigenvalue weighted by atomic mass is 16.5. The van der Waals surface area contributed by atoms with Gasteiger partial charge in [-0.25, -0.2) is 9.78 Å². The second kappa shape index (κ2) is 5.20. The van der Waals surface area contributed by atoms with E-state index in [0.29, 0.717) is 17.1 Å². The van der Waals surface area contributed by atoms with Gasteiger partial charge in [0.05, 0.1) is 11.8 Å². The van der Waals surface area contributed by atoms with Crippen molar-refractivity contribution in [2.45, 2.75) is 0 Å². The molecule has 7 nitrogen and oxygen atoms in total. The fraction of sp³-hybridized carbons (Fsp3) is 0.143. The number of hydrogen-bond donors (Lipinski definition) is 0. The Hall–Kier alpha value is -2.96. The maximum atomic E-state index is 12.0. The monoisotopic (exact) mass is 283 g/mol. The third kappa shape index (κ3) is 2.81. The second-order valence-corrected chi connectivity index (χ2v) is 4.56. The number of aromatic nitrogens is 5. The molecule has 0 saturated carbocycles. The van der Waals surface area contributed by atoms with E-state index < -0.39 is 5.97 Å². The normalized spacial score (nSPS) is 10.6. The molecule has 106 valence electrons. The van der Waals surface area contributed by atoms with E-state index in [1.165, 1.54) is 6.20 Å². The van der Waals surface area contributed by atoms with E-state index in [1.54, 1.807) is 54.2 Å². The number of carbonyl (C=O) groups excluding carboxylic acids is 1. The van der Waals surface area contributed by atoms with Gasteiger partial charge in [-0.05, 0) is 12.1 Å². The van der Waals surface area contributed by atoms with Crippen LogP contribution in [-0.2, 0) is 14.1 Å². The van der Waals surface area contributed by atoms with Crippen LogP contribution in [0.2, 0.25) is 0 Å². The molecule has 1 aromatic carbocycles. The first-order valence-corrected chi connectivity index (χ1v) is 6.29. The lowest BCUT2D eigenvalue weighted by molar-refractivity contribution is 0.0735. The van der Waals surface area contributed by atoms with E-state index >= 15 is 0 Å². The molecule has 21 heavy (non-hydrogen) atoms. The molecule has 2 aromatic heterocycles. The molecule has 0 radical (unpaired) electrons. The van der Waals surface area contributed by atoms with Gasteiger partial charge in [-0.1, -0.05) is 12.1 Å². The van der Waals surface area contributed by atoms with Crippen molar-refractivity contribution in [3.8, 4) is 17.1 Å². The predicted molar refractivity (Wildman–Crippen MR) is 74.6 cm³/mol. The van der Waals surface area contributed by atoms with Crippen LogP contribution in [0.5, 0.6) is 5.75 Å². The van der Waals surface area contributed by atoms with Crippen molar-refractivity contribution in [2.24, 2.45) is 14.1 Å². The number of benzene rings is 1. The topological polar surface area (TPSA) is 74.8 Å². The zero-order chi connectivity index (χ0) is 14.8. The Labute approximate surface area is 120 Å². The van der Waals surface area contributed by atoms with Gasteiger partial charge in [-0.15, -0.1) is 0 Å². The van der Waals surface area contributed by atoms with Gasteiger partial charge in [0, 0.05) is 25.9 Å². The number of hydrogen-bond acceptors (Lipinski definition) is 5. The molecule has 0 fully saturated rings. The van der Waals surface area contributed by atoms with E-state index in [2.05, 4.69) is 15.2 Å². The Bertz CT molecular complexity index is 790. The number of carbonyl (C=O) groups is 1. The van der Waals surface area contributed by atoms with Crippen molar-refractivity contribution in [2.75, 3.05) is 0 Å². The molecule has 7 heteroatoms. The molecule has 0 saturated heterocycles. The molecule has 0 N–H and O–H groups in total. The number of aryl methyl sites for hydroxylation is 2. The number of nitrogens with zero attached hydrogens (tertiary/aromatic N) is 5. The molecule has 0 bridgehead atoms. The van der Waals surface area contributed by atoms with Crippen LogP contribution in [0.1, 0.15) is 10.4 Å². The zero-order valence-corrected chi connectivity index (χ0v) is 11.6. The molecule has 0 atom stereocenters. The Morgan fingerprint density at radius 3 is 2.76 bits per heavy atom. The van der Waals surface area contributed by atoms with Crippen LogP contribution in [0.3, 0.4) is 0 Å². The van der Waals surface area contributed by atoms with Crippen LogP contribution in [0, 0.1) is 0 Å². The highest BCUT2D eigenvalue weighted by Gasteiger charge is 2.12. The molecular weight excluding hydrogens is 270 g/mol. The molecular formula is C14H13N5O2. The number of rotatable bonds is 3. The first kappa shape index (κ1) is 13.0. The molecule has 0 aliphatic heterocycles. The summed E-state index contributed by atoms with van der Waals surface area (Å²) in [4.78, 5) is 16.1. The van der Waals surface area contributed by atoms with Crippen molar-refractivity contribution in [1.29, 1.82) is 0 Å². The van der Waals surface area contributed by atoms with Crippen molar-refractivity contribution >= 4 is 5.97 Å². The smallest absolute Gasteiger partial charge is 0.346 e. The first-order valence-electron chi connectivity index (χ1n) is 6.29. The fourth-order valence-corrected chi connectivity index (χ4v) is 1.86. The lowest BCUT2D eigenvalue weighted by Crippen LogP contribution is -2.07. The Balaban J connectivity index is 1.82. The average Bonchev–Trinajstić information content (AvgIpc) is 3.08. The van der Waals surface area contributed by atoms with Gasteiger partial charge in [0.1, 0.15) is 12.1 Å². The van der Waals surface area contributed by atoms with Crippen LogP contribution in [-0.4, -0.2) is 30.5 Å².